The second-order valence-corrected chi connectivity index (χ2v) is 6.39. The summed E-state index contributed by atoms with van der Waals surface area (Å²) in [6.07, 6.45) is 1.15. The van der Waals surface area contributed by atoms with Crippen LogP contribution in [0.2, 0.25) is 0 Å². The zero-order valence-corrected chi connectivity index (χ0v) is 14.1. The first kappa shape index (κ1) is 17.0. The Bertz CT molecular complexity index is 532. The lowest BCUT2D eigenvalue weighted by atomic mass is 9.98. The third-order valence-corrected chi connectivity index (χ3v) is 3.98. The van der Waals surface area contributed by atoms with Crippen LogP contribution in [0.3, 0.4) is 0 Å². The number of ether oxygens (including phenoxy) is 3. The Kier molecular flexibility index (Phi) is 5.24. The quantitative estimate of drug-likeness (QED) is 0.439. The molecule has 4 nitrogen and oxygen atoms in total. The lowest BCUT2D eigenvalue weighted by Gasteiger charge is -2.20. The normalized spacial score (nSPS) is 21.7. The Balaban J connectivity index is 2.21. The monoisotopic (exact) mass is 306 g/mol. The van der Waals surface area contributed by atoms with Crippen molar-refractivity contribution in [2.75, 3.05) is 13.2 Å². The zero-order valence-electron chi connectivity index (χ0n) is 14.1. The molecule has 0 radical (unpaired) electrons. The molecule has 0 aromatic heterocycles. The maximum Gasteiger partial charge on any atom is 0.313 e. The van der Waals surface area contributed by atoms with E-state index < -0.39 is 5.60 Å². The Morgan fingerprint density at radius 3 is 2.59 bits per heavy atom. The highest BCUT2D eigenvalue weighted by atomic mass is 16.6. The van der Waals surface area contributed by atoms with Crippen molar-refractivity contribution in [1.29, 1.82) is 0 Å². The Morgan fingerprint density at radius 2 is 2.05 bits per heavy atom. The van der Waals surface area contributed by atoms with Gasteiger partial charge in [0.1, 0.15) is 11.4 Å². The van der Waals surface area contributed by atoms with Gasteiger partial charge in [0.15, 0.2) is 0 Å². The van der Waals surface area contributed by atoms with Crippen LogP contribution in [0, 0.1) is 12.8 Å². The van der Waals surface area contributed by atoms with E-state index in [1.807, 2.05) is 45.9 Å². The maximum atomic E-state index is 11.9. The highest BCUT2D eigenvalue weighted by Crippen LogP contribution is 2.44. The van der Waals surface area contributed by atoms with Gasteiger partial charge in [0.05, 0.1) is 25.2 Å². The first-order chi connectivity index (χ1) is 10.4. The molecule has 1 heterocycles. The van der Waals surface area contributed by atoms with Crippen molar-refractivity contribution < 1.29 is 19.0 Å². The number of carbonyl (C=O) groups excluding carboxylic acids is 1. The predicted molar refractivity (Wildman–Crippen MR) is 85.0 cm³/mol. The van der Waals surface area contributed by atoms with Crippen LogP contribution in [0.5, 0.6) is 5.75 Å². The molecule has 2 rings (SSSR count). The molecule has 1 aliphatic rings. The molecule has 1 fully saturated rings. The Labute approximate surface area is 132 Å². The van der Waals surface area contributed by atoms with Crippen LogP contribution in [0.1, 0.15) is 45.2 Å². The molecule has 0 unspecified atom stereocenters. The zero-order chi connectivity index (χ0) is 16.3. The molecule has 1 aromatic rings. The molecule has 0 bridgehead atoms. The van der Waals surface area contributed by atoms with Crippen LogP contribution in [0.15, 0.2) is 18.2 Å². The van der Waals surface area contributed by atoms with Crippen LogP contribution in [-0.4, -0.2) is 25.3 Å². The van der Waals surface area contributed by atoms with E-state index in [2.05, 4.69) is 6.92 Å². The van der Waals surface area contributed by atoms with Gasteiger partial charge in [-0.1, -0.05) is 32.9 Å². The lowest BCUT2D eigenvalue weighted by molar-refractivity contribution is -0.137. The number of benzene rings is 1. The number of carbonyl (C=O) groups is 1. The molecule has 2 atom stereocenters. The van der Waals surface area contributed by atoms with Gasteiger partial charge in [-0.2, -0.15) is 0 Å². The van der Waals surface area contributed by atoms with Gasteiger partial charge >= 0.3 is 5.97 Å². The molecule has 0 N–H and O–H groups in total. The van der Waals surface area contributed by atoms with E-state index in [1.165, 1.54) is 0 Å². The number of esters is 1. The fraction of sp³-hybridized carbons (Fsp3) is 0.611. The highest BCUT2D eigenvalue weighted by Gasteiger charge is 2.49. The van der Waals surface area contributed by atoms with Crippen LogP contribution in [-0.2, 0) is 19.9 Å². The second kappa shape index (κ2) is 6.80. The van der Waals surface area contributed by atoms with E-state index in [0.717, 1.165) is 17.5 Å². The van der Waals surface area contributed by atoms with Crippen molar-refractivity contribution in [3.63, 3.8) is 0 Å². The summed E-state index contributed by atoms with van der Waals surface area (Å²) in [7, 11) is 0. The molecule has 1 aromatic carbocycles. The van der Waals surface area contributed by atoms with Gasteiger partial charge in [-0.05, 0) is 31.9 Å². The van der Waals surface area contributed by atoms with Gasteiger partial charge < -0.3 is 14.2 Å². The fourth-order valence-corrected chi connectivity index (χ4v) is 2.12. The van der Waals surface area contributed by atoms with Gasteiger partial charge in [-0.15, -0.1) is 0 Å². The molecule has 0 saturated carbocycles. The average molecular weight is 306 g/mol. The van der Waals surface area contributed by atoms with Crippen LogP contribution in [0.4, 0.5) is 0 Å². The summed E-state index contributed by atoms with van der Waals surface area (Å²) in [5.74, 6) is 0.190. The summed E-state index contributed by atoms with van der Waals surface area (Å²) in [6.45, 7) is 10.8. The molecular formula is C18H26O4. The summed E-state index contributed by atoms with van der Waals surface area (Å²) >= 11 is 0. The van der Waals surface area contributed by atoms with Crippen LogP contribution in [0.25, 0.3) is 0 Å². The van der Waals surface area contributed by atoms with Crippen molar-refractivity contribution in [1.82, 2.24) is 0 Å². The Hall–Kier alpha value is -1.39. The third kappa shape index (κ3) is 3.87. The topological polar surface area (TPSA) is 48.1 Å². The first-order valence-electron chi connectivity index (χ1n) is 7.96. The van der Waals surface area contributed by atoms with Crippen molar-refractivity contribution in [2.45, 2.75) is 52.7 Å². The average Bonchev–Trinajstić information content (AvgIpc) is 3.25. The van der Waals surface area contributed by atoms with Gasteiger partial charge in [0.25, 0.3) is 0 Å². The second-order valence-electron chi connectivity index (χ2n) is 6.39. The van der Waals surface area contributed by atoms with E-state index >= 15 is 0 Å². The number of epoxide rings is 1. The van der Waals surface area contributed by atoms with E-state index in [9.17, 15) is 4.79 Å². The smallest absolute Gasteiger partial charge is 0.313 e. The minimum atomic E-state index is -0.469. The SMILES string of the molecule is CC[C@H](C)OC[C@@]1(c2ccc(C)cc2OC(=O)C(C)C)CO1. The molecule has 4 heteroatoms. The molecular weight excluding hydrogens is 280 g/mol. The number of hydrogen-bond acceptors (Lipinski definition) is 4. The van der Waals surface area contributed by atoms with Gasteiger partial charge in [-0.25, -0.2) is 0 Å². The summed E-state index contributed by atoms with van der Waals surface area (Å²) in [6, 6.07) is 5.88. The maximum absolute atomic E-state index is 11.9. The summed E-state index contributed by atoms with van der Waals surface area (Å²) < 4.78 is 17.1. The molecule has 22 heavy (non-hydrogen) atoms. The highest BCUT2D eigenvalue weighted by molar-refractivity contribution is 5.75. The van der Waals surface area contributed by atoms with Crippen LogP contribution < -0.4 is 4.74 Å². The molecule has 1 aliphatic heterocycles. The number of rotatable bonds is 7. The van der Waals surface area contributed by atoms with Crippen molar-refractivity contribution in [3.8, 4) is 5.75 Å². The van der Waals surface area contributed by atoms with E-state index in [-0.39, 0.29) is 18.0 Å². The van der Waals surface area contributed by atoms with Crippen LogP contribution >= 0.6 is 0 Å². The standard InChI is InChI=1S/C18H26O4/c1-6-14(5)20-10-18(11-21-18)15-8-7-13(4)9-16(15)22-17(19)12(2)3/h7-9,12,14H,6,10-11H2,1-5H3/t14-,18-/m0/s1. The van der Waals surface area contributed by atoms with Crippen molar-refractivity contribution in [2.24, 2.45) is 5.92 Å². The third-order valence-electron chi connectivity index (χ3n) is 3.98. The largest absolute Gasteiger partial charge is 0.426 e. The summed E-state index contributed by atoms with van der Waals surface area (Å²) in [5, 5.41) is 0. The number of hydrogen-bond donors (Lipinski definition) is 0. The fourth-order valence-electron chi connectivity index (χ4n) is 2.12. The first-order valence-corrected chi connectivity index (χ1v) is 7.96. The molecule has 0 amide bonds. The molecule has 0 spiro atoms. The van der Waals surface area contributed by atoms with E-state index in [4.69, 9.17) is 14.2 Å². The number of aryl methyl sites for hydroxylation is 1. The summed E-state index contributed by atoms with van der Waals surface area (Å²) in [5.41, 5.74) is 1.48. The molecule has 1 saturated heterocycles. The van der Waals surface area contributed by atoms with Crippen molar-refractivity contribution in [3.05, 3.63) is 29.3 Å². The van der Waals surface area contributed by atoms with E-state index in [1.54, 1.807) is 0 Å². The van der Waals surface area contributed by atoms with E-state index in [0.29, 0.717) is 19.0 Å². The van der Waals surface area contributed by atoms with Gasteiger partial charge in [-0.3, -0.25) is 4.79 Å². The molecule has 122 valence electrons. The lowest BCUT2D eigenvalue weighted by Crippen LogP contribution is -2.23. The Morgan fingerprint density at radius 1 is 1.36 bits per heavy atom. The van der Waals surface area contributed by atoms with Gasteiger partial charge in [0, 0.05) is 5.56 Å². The summed E-state index contributed by atoms with van der Waals surface area (Å²) in [4.78, 5) is 11.9. The minimum absolute atomic E-state index is 0.166. The molecule has 0 aliphatic carbocycles. The van der Waals surface area contributed by atoms with Gasteiger partial charge in [0.2, 0.25) is 0 Å². The predicted octanol–water partition coefficient (Wildman–Crippen LogP) is 3.60. The van der Waals surface area contributed by atoms with Crippen molar-refractivity contribution >= 4 is 5.97 Å². The minimum Gasteiger partial charge on any atom is -0.426 e.